The van der Waals surface area contributed by atoms with Crippen LogP contribution in [0.1, 0.15) is 27.2 Å². The van der Waals surface area contributed by atoms with Crippen LogP contribution in [0.15, 0.2) is 53.3 Å². The molecule has 144 valence electrons. The van der Waals surface area contributed by atoms with Crippen molar-refractivity contribution in [2.75, 3.05) is 7.11 Å². The molecule has 1 heterocycles. The highest BCUT2D eigenvalue weighted by atomic mass is 35.5. The van der Waals surface area contributed by atoms with Gasteiger partial charge in [-0.05, 0) is 29.8 Å². The first kappa shape index (κ1) is 19.9. The third-order valence-corrected chi connectivity index (χ3v) is 4.32. The van der Waals surface area contributed by atoms with Crippen LogP contribution in [-0.4, -0.2) is 28.0 Å². The smallest absolute Gasteiger partial charge is 0.357 e. The van der Waals surface area contributed by atoms with Gasteiger partial charge in [0.25, 0.3) is 5.56 Å². The number of aromatic carboxylic acids is 1. The van der Waals surface area contributed by atoms with Gasteiger partial charge in [0.1, 0.15) is 23.1 Å². The van der Waals surface area contributed by atoms with Crippen LogP contribution >= 0.6 is 11.6 Å². The largest absolute Gasteiger partial charge is 0.494 e. The van der Waals surface area contributed by atoms with Gasteiger partial charge in [-0.3, -0.25) is 4.79 Å². The van der Waals surface area contributed by atoms with Crippen LogP contribution in [0.3, 0.4) is 0 Å². The van der Waals surface area contributed by atoms with Crippen molar-refractivity contribution in [3.63, 3.8) is 0 Å². The highest BCUT2D eigenvalue weighted by Crippen LogP contribution is 2.22. The van der Waals surface area contributed by atoms with Crippen molar-refractivity contribution in [1.29, 1.82) is 5.26 Å². The SMILES string of the molecule is COc1ccccc1-n1nc(C(=O)O)c(/C=C\c2ccc(Cl)cc2)c(C#N)c1=O. The number of hydrogen-bond acceptors (Lipinski definition) is 5. The molecule has 0 unspecified atom stereocenters. The second kappa shape index (κ2) is 8.42. The number of halogens is 1. The van der Waals surface area contributed by atoms with Crippen molar-refractivity contribution in [2.45, 2.75) is 0 Å². The maximum Gasteiger partial charge on any atom is 0.357 e. The molecular weight excluding hydrogens is 394 g/mol. The summed E-state index contributed by atoms with van der Waals surface area (Å²) in [5.74, 6) is -1.06. The minimum Gasteiger partial charge on any atom is -0.494 e. The molecular formula is C21H14ClN3O4. The molecule has 3 rings (SSSR count). The lowest BCUT2D eigenvalue weighted by molar-refractivity contribution is 0.0688. The molecule has 2 aromatic carbocycles. The van der Waals surface area contributed by atoms with Crippen molar-refractivity contribution in [3.05, 3.63) is 86.3 Å². The summed E-state index contributed by atoms with van der Waals surface area (Å²) >= 11 is 5.86. The molecule has 1 aromatic heterocycles. The van der Waals surface area contributed by atoms with Gasteiger partial charge in [0.2, 0.25) is 0 Å². The van der Waals surface area contributed by atoms with Crippen molar-refractivity contribution in [1.82, 2.24) is 9.78 Å². The highest BCUT2D eigenvalue weighted by Gasteiger charge is 2.22. The summed E-state index contributed by atoms with van der Waals surface area (Å²) < 4.78 is 6.08. The molecule has 29 heavy (non-hydrogen) atoms. The van der Waals surface area contributed by atoms with Gasteiger partial charge in [0.05, 0.1) is 7.11 Å². The topological polar surface area (TPSA) is 105 Å². The van der Waals surface area contributed by atoms with Crippen LogP contribution in [0.25, 0.3) is 17.8 Å². The van der Waals surface area contributed by atoms with Gasteiger partial charge in [-0.15, -0.1) is 0 Å². The van der Waals surface area contributed by atoms with E-state index in [9.17, 15) is 20.0 Å². The molecule has 0 aliphatic rings. The van der Waals surface area contributed by atoms with E-state index >= 15 is 0 Å². The first-order valence-corrected chi connectivity index (χ1v) is 8.72. The fraction of sp³-hybridized carbons (Fsp3) is 0.0476. The molecule has 8 heteroatoms. The molecule has 0 fully saturated rings. The molecule has 0 aliphatic carbocycles. The molecule has 7 nitrogen and oxygen atoms in total. The monoisotopic (exact) mass is 407 g/mol. The first-order chi connectivity index (χ1) is 14.0. The number of aromatic nitrogens is 2. The van der Waals surface area contributed by atoms with E-state index in [4.69, 9.17) is 16.3 Å². The second-order valence-electron chi connectivity index (χ2n) is 5.83. The zero-order valence-corrected chi connectivity index (χ0v) is 15.9. The fourth-order valence-electron chi connectivity index (χ4n) is 2.69. The Labute approximate surface area is 170 Å². The zero-order chi connectivity index (χ0) is 21.0. The number of para-hydroxylation sites is 2. The summed E-state index contributed by atoms with van der Waals surface area (Å²) in [6.45, 7) is 0. The van der Waals surface area contributed by atoms with Crippen molar-refractivity contribution in [3.8, 4) is 17.5 Å². The number of nitrogens with zero attached hydrogens (tertiary/aromatic N) is 3. The fourth-order valence-corrected chi connectivity index (χ4v) is 2.81. The zero-order valence-electron chi connectivity index (χ0n) is 15.2. The Bertz CT molecular complexity index is 1210. The van der Waals surface area contributed by atoms with Crippen LogP contribution in [0.2, 0.25) is 5.02 Å². The lowest BCUT2D eigenvalue weighted by Gasteiger charge is -2.12. The molecule has 0 saturated carbocycles. The van der Waals surface area contributed by atoms with Crippen molar-refractivity contribution < 1.29 is 14.6 Å². The van der Waals surface area contributed by atoms with Gasteiger partial charge in [-0.2, -0.15) is 15.0 Å². The summed E-state index contributed by atoms with van der Waals surface area (Å²) in [6.07, 6.45) is 2.96. The van der Waals surface area contributed by atoms with E-state index in [1.54, 1.807) is 60.7 Å². The average Bonchev–Trinajstić information content (AvgIpc) is 2.73. The molecule has 0 saturated heterocycles. The number of nitriles is 1. The number of hydrogen-bond donors (Lipinski definition) is 1. The molecule has 0 spiro atoms. The van der Waals surface area contributed by atoms with Gasteiger partial charge in [-0.1, -0.05) is 48.0 Å². The number of methoxy groups -OCH3 is 1. The van der Waals surface area contributed by atoms with E-state index in [0.717, 1.165) is 4.68 Å². The molecule has 0 bridgehead atoms. The lowest BCUT2D eigenvalue weighted by atomic mass is 10.1. The molecule has 3 aromatic rings. The standard InChI is InChI=1S/C21H14ClN3O4/c1-29-18-5-3-2-4-17(18)25-20(26)16(12-23)15(19(24-25)21(27)28)11-8-13-6-9-14(22)10-7-13/h2-11H,1H3,(H,27,28)/b11-8-. The van der Waals surface area contributed by atoms with Crippen molar-refractivity contribution in [2.24, 2.45) is 0 Å². The Morgan fingerprint density at radius 2 is 1.90 bits per heavy atom. The third kappa shape index (κ3) is 4.03. The molecule has 0 amide bonds. The summed E-state index contributed by atoms with van der Waals surface area (Å²) in [7, 11) is 1.41. The van der Waals surface area contributed by atoms with E-state index in [0.29, 0.717) is 16.3 Å². The summed E-state index contributed by atoms with van der Waals surface area (Å²) in [4.78, 5) is 24.7. The Hall–Kier alpha value is -3.89. The van der Waals surface area contributed by atoms with Gasteiger partial charge in [0, 0.05) is 10.6 Å². The second-order valence-corrected chi connectivity index (χ2v) is 6.26. The predicted octanol–water partition coefficient (Wildman–Crippen LogP) is 3.63. The average molecular weight is 408 g/mol. The van der Waals surface area contributed by atoms with E-state index in [1.807, 2.05) is 0 Å². The number of rotatable bonds is 5. The number of benzene rings is 2. The minimum absolute atomic E-state index is 0.0777. The predicted molar refractivity (Wildman–Crippen MR) is 108 cm³/mol. The first-order valence-electron chi connectivity index (χ1n) is 8.34. The number of carboxylic acid groups (broad SMARTS) is 1. The minimum atomic E-state index is -1.37. The quantitative estimate of drug-likeness (QED) is 0.692. The Balaban J connectivity index is 2.24. The number of carbonyl (C=O) groups is 1. The Morgan fingerprint density at radius 3 is 2.52 bits per heavy atom. The van der Waals surface area contributed by atoms with Crippen molar-refractivity contribution >= 4 is 29.7 Å². The highest BCUT2D eigenvalue weighted by molar-refractivity contribution is 6.30. The number of ether oxygens (including phenoxy) is 1. The third-order valence-electron chi connectivity index (χ3n) is 4.07. The Kier molecular flexibility index (Phi) is 5.77. The van der Waals surface area contributed by atoms with E-state index in [1.165, 1.54) is 13.2 Å². The van der Waals surface area contributed by atoms with E-state index < -0.39 is 17.2 Å². The Morgan fingerprint density at radius 1 is 1.21 bits per heavy atom. The molecule has 0 aliphatic heterocycles. The van der Waals surface area contributed by atoms with Gasteiger partial charge < -0.3 is 9.84 Å². The molecule has 0 atom stereocenters. The molecule has 0 radical (unpaired) electrons. The molecule has 1 N–H and O–H groups in total. The van der Waals surface area contributed by atoms with E-state index in [2.05, 4.69) is 5.10 Å². The summed E-state index contributed by atoms with van der Waals surface area (Å²) in [5, 5.41) is 23.7. The van der Waals surface area contributed by atoms with Crippen LogP contribution < -0.4 is 10.3 Å². The number of carboxylic acids is 1. The maximum absolute atomic E-state index is 12.9. The van der Waals surface area contributed by atoms with Crippen LogP contribution in [0.5, 0.6) is 5.75 Å². The van der Waals surface area contributed by atoms with Crippen LogP contribution in [0, 0.1) is 11.3 Å². The lowest BCUT2D eigenvalue weighted by Crippen LogP contribution is -2.28. The summed E-state index contributed by atoms with van der Waals surface area (Å²) in [5.41, 5.74) is -0.662. The van der Waals surface area contributed by atoms with Crippen LogP contribution in [-0.2, 0) is 0 Å². The maximum atomic E-state index is 12.9. The van der Waals surface area contributed by atoms with E-state index in [-0.39, 0.29) is 16.8 Å². The van der Waals surface area contributed by atoms with Crippen LogP contribution in [0.4, 0.5) is 0 Å². The van der Waals surface area contributed by atoms with Gasteiger partial charge in [0.15, 0.2) is 5.69 Å². The normalized spacial score (nSPS) is 10.7. The van der Waals surface area contributed by atoms with Gasteiger partial charge >= 0.3 is 5.97 Å². The van der Waals surface area contributed by atoms with Gasteiger partial charge in [-0.25, -0.2) is 4.79 Å². The summed E-state index contributed by atoms with van der Waals surface area (Å²) in [6, 6.07) is 15.1.